The number of benzene rings is 2. The molecule has 4 heterocycles. The molecule has 0 unspecified atom stereocenters. The minimum Gasteiger partial charge on any atom is -0.508 e. The lowest BCUT2D eigenvalue weighted by molar-refractivity contribution is -0.0564. The predicted octanol–water partition coefficient (Wildman–Crippen LogP) is 5.93. The normalized spacial score (nSPS) is 22.8. The number of anilines is 1. The molecular formula is C35H35F4N5O4. The number of terminal acetylenes is 1. The fourth-order valence-corrected chi connectivity index (χ4v) is 7.84. The van der Waals surface area contributed by atoms with Crippen molar-refractivity contribution in [2.24, 2.45) is 5.41 Å². The summed E-state index contributed by atoms with van der Waals surface area (Å²) in [6.45, 7) is -0.286. The number of hydrogen-bond donors (Lipinski definition) is 1. The number of aromatic nitrogens is 3. The van der Waals surface area contributed by atoms with Crippen LogP contribution < -0.4 is 14.4 Å². The molecule has 0 radical (unpaired) electrons. The molecular weight excluding hydrogens is 630 g/mol. The maximum Gasteiger partial charge on any atom is 0.319 e. The van der Waals surface area contributed by atoms with Crippen LogP contribution >= 0.6 is 0 Å². The molecule has 7 rings (SSSR count). The standard InChI is InChI=1S/C35H35F4N5O4/c1-4-22-24(36)9-8-20-15-21(45)16-23(26(20)22)29-28(37)30-27(32(40-29)46-3)31(44-13-14-47-19-35(38,39)17-44)42-33(41-30)48-18-34-10-5-7-25(34)43(2)12-6-11-34/h1,8-9,15-16,25,45H,5-7,10-14,17-19H2,2-3H3/t25-,34-/m1/s1. The molecule has 0 amide bonds. The van der Waals surface area contributed by atoms with E-state index in [9.17, 15) is 18.3 Å². The van der Waals surface area contributed by atoms with Crippen LogP contribution in [0.4, 0.5) is 23.4 Å². The summed E-state index contributed by atoms with van der Waals surface area (Å²) in [6.07, 6.45) is 10.7. The molecule has 2 atom stereocenters. The lowest BCUT2D eigenvalue weighted by Gasteiger charge is -2.44. The number of ether oxygens (including phenoxy) is 3. The van der Waals surface area contributed by atoms with Gasteiger partial charge in [-0.3, -0.25) is 0 Å². The number of pyridine rings is 1. The minimum absolute atomic E-state index is 0.00887. The molecule has 13 heteroatoms. The Balaban J connectivity index is 1.44. The molecule has 3 aliphatic rings. The number of hydrogen-bond acceptors (Lipinski definition) is 9. The van der Waals surface area contributed by atoms with Crippen molar-refractivity contribution in [2.45, 2.75) is 44.1 Å². The lowest BCUT2D eigenvalue weighted by Crippen LogP contribution is -2.50. The van der Waals surface area contributed by atoms with Crippen molar-refractivity contribution in [1.82, 2.24) is 19.9 Å². The minimum atomic E-state index is -3.23. The van der Waals surface area contributed by atoms with Gasteiger partial charge in [0.05, 0.1) is 32.4 Å². The van der Waals surface area contributed by atoms with Crippen molar-refractivity contribution in [2.75, 3.05) is 58.5 Å². The molecule has 2 saturated heterocycles. The van der Waals surface area contributed by atoms with Gasteiger partial charge in [-0.05, 0) is 62.9 Å². The monoisotopic (exact) mass is 665 g/mol. The van der Waals surface area contributed by atoms with Crippen molar-refractivity contribution >= 4 is 27.5 Å². The number of likely N-dealkylation sites (tertiary alicyclic amines) is 1. The molecule has 1 saturated carbocycles. The van der Waals surface area contributed by atoms with Crippen LogP contribution in [-0.4, -0.2) is 90.5 Å². The molecule has 2 aromatic carbocycles. The first kappa shape index (κ1) is 32.2. The summed E-state index contributed by atoms with van der Waals surface area (Å²) < 4.78 is 78.7. The number of piperidine rings is 1. The molecule has 4 aromatic rings. The van der Waals surface area contributed by atoms with E-state index in [1.807, 2.05) is 0 Å². The van der Waals surface area contributed by atoms with E-state index in [0.717, 1.165) is 44.7 Å². The average molecular weight is 666 g/mol. The van der Waals surface area contributed by atoms with Crippen LogP contribution in [0.2, 0.25) is 0 Å². The number of rotatable bonds is 6. The van der Waals surface area contributed by atoms with Gasteiger partial charge in [0, 0.05) is 29.0 Å². The Hall–Kier alpha value is -4.41. The second-order valence-electron chi connectivity index (χ2n) is 13.0. The topological polar surface area (TPSA) is 93.1 Å². The van der Waals surface area contributed by atoms with Gasteiger partial charge in [0.15, 0.2) is 5.82 Å². The molecule has 0 bridgehead atoms. The summed E-state index contributed by atoms with van der Waals surface area (Å²) in [5.41, 5.74) is -0.951. The van der Waals surface area contributed by atoms with Gasteiger partial charge < -0.3 is 29.1 Å². The number of halogens is 4. The third-order valence-corrected chi connectivity index (χ3v) is 9.96. The number of nitrogens with zero attached hydrogens (tertiary/aromatic N) is 5. The van der Waals surface area contributed by atoms with Crippen molar-refractivity contribution in [1.29, 1.82) is 0 Å². The molecule has 48 heavy (non-hydrogen) atoms. The highest BCUT2D eigenvalue weighted by molar-refractivity contribution is 6.04. The van der Waals surface area contributed by atoms with Gasteiger partial charge in [-0.1, -0.05) is 18.4 Å². The Kier molecular flexibility index (Phi) is 8.20. The number of alkyl halides is 2. The van der Waals surface area contributed by atoms with E-state index >= 15 is 4.39 Å². The molecule has 252 valence electrons. The zero-order valence-corrected chi connectivity index (χ0v) is 26.7. The molecule has 0 spiro atoms. The Morgan fingerprint density at radius 3 is 2.71 bits per heavy atom. The second-order valence-corrected chi connectivity index (χ2v) is 13.0. The van der Waals surface area contributed by atoms with Gasteiger partial charge >= 0.3 is 6.01 Å². The Labute approximate surface area is 274 Å². The Bertz CT molecular complexity index is 1950. The van der Waals surface area contributed by atoms with Crippen LogP contribution in [0.3, 0.4) is 0 Å². The van der Waals surface area contributed by atoms with Crippen LogP contribution in [-0.2, 0) is 4.74 Å². The van der Waals surface area contributed by atoms with Gasteiger partial charge in [-0.15, -0.1) is 6.42 Å². The first-order chi connectivity index (χ1) is 23.0. The van der Waals surface area contributed by atoms with Crippen molar-refractivity contribution in [3.63, 3.8) is 0 Å². The summed E-state index contributed by atoms with van der Waals surface area (Å²) in [7, 11) is 3.40. The van der Waals surface area contributed by atoms with E-state index in [0.29, 0.717) is 11.4 Å². The smallest absolute Gasteiger partial charge is 0.319 e. The van der Waals surface area contributed by atoms with Crippen molar-refractivity contribution < 1.29 is 36.9 Å². The maximum absolute atomic E-state index is 17.0. The lowest BCUT2D eigenvalue weighted by atomic mass is 9.76. The Morgan fingerprint density at radius 2 is 1.92 bits per heavy atom. The predicted molar refractivity (Wildman–Crippen MR) is 172 cm³/mol. The maximum atomic E-state index is 17.0. The van der Waals surface area contributed by atoms with E-state index in [4.69, 9.17) is 20.6 Å². The zero-order chi connectivity index (χ0) is 33.8. The van der Waals surface area contributed by atoms with Gasteiger partial charge in [0.1, 0.15) is 40.6 Å². The van der Waals surface area contributed by atoms with E-state index in [1.54, 1.807) is 0 Å². The summed E-state index contributed by atoms with van der Waals surface area (Å²) in [6, 6.07) is 5.30. The van der Waals surface area contributed by atoms with Crippen LogP contribution in [0.25, 0.3) is 32.9 Å². The zero-order valence-electron chi connectivity index (χ0n) is 26.7. The summed E-state index contributed by atoms with van der Waals surface area (Å²) >= 11 is 0. The summed E-state index contributed by atoms with van der Waals surface area (Å²) in [5.74, 6) is -3.07. The molecule has 1 N–H and O–H groups in total. The number of aromatic hydroxyl groups is 1. The number of phenolic OH excluding ortho intramolecular Hbond substituents is 1. The van der Waals surface area contributed by atoms with Gasteiger partial charge in [0.25, 0.3) is 5.92 Å². The number of methoxy groups -OCH3 is 1. The van der Waals surface area contributed by atoms with Crippen molar-refractivity contribution in [3.05, 3.63) is 41.5 Å². The van der Waals surface area contributed by atoms with E-state index in [1.165, 1.54) is 30.2 Å². The third-order valence-electron chi connectivity index (χ3n) is 9.96. The SMILES string of the molecule is C#Cc1c(F)ccc2cc(O)cc(-c3nc(OC)c4c(N5CCOCC(F)(F)C5)nc(OC[C@]56CCC[C@H]5N(C)CCC6)nc4c3F)c12. The van der Waals surface area contributed by atoms with E-state index in [-0.39, 0.29) is 81.7 Å². The third kappa shape index (κ3) is 5.50. The number of phenols is 1. The van der Waals surface area contributed by atoms with Gasteiger partial charge in [0.2, 0.25) is 5.88 Å². The van der Waals surface area contributed by atoms with E-state index in [2.05, 4.69) is 32.8 Å². The molecule has 1 aliphatic carbocycles. The van der Waals surface area contributed by atoms with Crippen LogP contribution in [0.15, 0.2) is 24.3 Å². The van der Waals surface area contributed by atoms with E-state index < -0.39 is 30.7 Å². The summed E-state index contributed by atoms with van der Waals surface area (Å²) in [5, 5.41) is 11.0. The Morgan fingerprint density at radius 1 is 1.10 bits per heavy atom. The average Bonchev–Trinajstić information content (AvgIpc) is 3.42. The highest BCUT2D eigenvalue weighted by Crippen LogP contribution is 2.48. The molecule has 2 aromatic heterocycles. The van der Waals surface area contributed by atoms with Crippen LogP contribution in [0, 0.1) is 29.4 Å². The molecule has 3 fully saturated rings. The highest BCUT2D eigenvalue weighted by atomic mass is 19.3. The van der Waals surface area contributed by atoms with Crippen LogP contribution in [0.5, 0.6) is 17.6 Å². The first-order valence-corrected chi connectivity index (χ1v) is 16.0. The summed E-state index contributed by atoms with van der Waals surface area (Å²) in [4.78, 5) is 17.2. The first-order valence-electron chi connectivity index (χ1n) is 16.0. The van der Waals surface area contributed by atoms with Crippen LogP contribution in [0.1, 0.15) is 37.7 Å². The van der Waals surface area contributed by atoms with Crippen molar-refractivity contribution in [3.8, 4) is 41.2 Å². The second kappa shape index (κ2) is 12.2. The quantitative estimate of drug-likeness (QED) is 0.199. The fraction of sp³-hybridized carbons (Fsp3) is 0.457. The fourth-order valence-electron chi connectivity index (χ4n) is 7.84. The largest absolute Gasteiger partial charge is 0.508 e. The van der Waals surface area contributed by atoms with Gasteiger partial charge in [-0.25, -0.2) is 22.5 Å². The molecule has 2 aliphatic heterocycles. The number of fused-ring (bicyclic) bond motifs is 3. The van der Waals surface area contributed by atoms with Gasteiger partial charge in [-0.2, -0.15) is 9.97 Å². The molecule has 9 nitrogen and oxygen atoms in total. The highest BCUT2D eigenvalue weighted by Gasteiger charge is 2.47.